The Morgan fingerprint density at radius 1 is 1.06 bits per heavy atom. The zero-order valence-electron chi connectivity index (χ0n) is 18.0. The molecule has 0 fully saturated rings. The highest BCUT2D eigenvalue weighted by Crippen LogP contribution is 2.29. The van der Waals surface area contributed by atoms with Crippen molar-refractivity contribution in [2.75, 3.05) is 24.4 Å². The Morgan fingerprint density at radius 2 is 1.85 bits per heavy atom. The molecule has 7 nitrogen and oxygen atoms in total. The van der Waals surface area contributed by atoms with Gasteiger partial charge in [-0.3, -0.25) is 9.59 Å². The monoisotopic (exact) mass is 479 g/mol. The molecule has 0 bridgehead atoms. The number of nitrogens with zero attached hydrogens (tertiary/aromatic N) is 1. The van der Waals surface area contributed by atoms with E-state index in [0.717, 1.165) is 0 Å². The first-order valence-electron chi connectivity index (χ1n) is 9.93. The Morgan fingerprint density at radius 3 is 2.56 bits per heavy atom. The second kappa shape index (κ2) is 11.5. The van der Waals surface area contributed by atoms with Crippen LogP contribution in [0, 0.1) is 17.1 Å². The van der Waals surface area contributed by atoms with Gasteiger partial charge in [0.1, 0.15) is 17.5 Å². The molecule has 0 saturated carbocycles. The van der Waals surface area contributed by atoms with Crippen molar-refractivity contribution in [1.82, 2.24) is 0 Å². The largest absolute Gasteiger partial charge is 0.493 e. The van der Waals surface area contributed by atoms with E-state index in [-0.39, 0.29) is 29.4 Å². The van der Waals surface area contributed by atoms with Crippen LogP contribution < -0.4 is 20.1 Å². The summed E-state index contributed by atoms with van der Waals surface area (Å²) in [4.78, 5) is 24.6. The number of carbonyl (C=O) groups is 2. The number of nitriles is 1. The van der Waals surface area contributed by atoms with Gasteiger partial charge in [0, 0.05) is 10.7 Å². The minimum atomic E-state index is -0.603. The summed E-state index contributed by atoms with van der Waals surface area (Å²) in [7, 11) is 1.41. The summed E-state index contributed by atoms with van der Waals surface area (Å²) >= 11 is 5.91. The molecule has 0 atom stereocenters. The highest BCUT2D eigenvalue weighted by molar-refractivity contribution is 6.31. The maximum absolute atomic E-state index is 13.7. The number of anilines is 2. The summed E-state index contributed by atoms with van der Waals surface area (Å²) in [6, 6.07) is 18.9. The molecule has 0 heterocycles. The number of amides is 2. The molecule has 0 radical (unpaired) electrons. The minimum absolute atomic E-state index is 0.0450. The summed E-state index contributed by atoms with van der Waals surface area (Å²) in [5.41, 5.74) is 0.857. The molecule has 0 unspecified atom stereocenters. The van der Waals surface area contributed by atoms with Gasteiger partial charge in [-0.05, 0) is 54.1 Å². The third-order valence-electron chi connectivity index (χ3n) is 4.45. The zero-order valence-corrected chi connectivity index (χ0v) is 18.7. The maximum atomic E-state index is 13.7. The van der Waals surface area contributed by atoms with Gasteiger partial charge in [0.25, 0.3) is 11.8 Å². The first-order chi connectivity index (χ1) is 16.4. The molecule has 2 N–H and O–H groups in total. The Bertz CT molecular complexity index is 1290. The molecule has 3 aromatic rings. The van der Waals surface area contributed by atoms with Crippen LogP contribution in [0.15, 0.2) is 72.3 Å². The number of carbonyl (C=O) groups excluding carboxylic acids is 2. The van der Waals surface area contributed by atoms with Gasteiger partial charge < -0.3 is 20.1 Å². The molecular formula is C25H19ClFN3O4. The molecule has 172 valence electrons. The standard InChI is InChI=1S/C25H19ClFN3O4/c1-33-23-12-16(11-17(14-28)25(32)29-19-6-4-5-18(26)13-19)9-10-22(23)34-15-24(31)30-21-8-3-2-7-20(21)27/h2-13H,15H2,1H3,(H,29,32)(H,30,31)/b17-11-. The Balaban J connectivity index is 1.68. The Hall–Kier alpha value is -4.35. The molecular weight excluding hydrogens is 461 g/mol. The summed E-state index contributed by atoms with van der Waals surface area (Å²) in [6.07, 6.45) is 1.39. The lowest BCUT2D eigenvalue weighted by Crippen LogP contribution is -2.20. The van der Waals surface area contributed by atoms with Crippen molar-refractivity contribution in [2.45, 2.75) is 0 Å². The van der Waals surface area contributed by atoms with Crippen molar-refractivity contribution in [3.05, 3.63) is 88.7 Å². The van der Waals surface area contributed by atoms with E-state index >= 15 is 0 Å². The van der Waals surface area contributed by atoms with Crippen LogP contribution in [0.3, 0.4) is 0 Å². The smallest absolute Gasteiger partial charge is 0.266 e. The molecule has 0 aliphatic heterocycles. The fourth-order valence-electron chi connectivity index (χ4n) is 2.87. The molecule has 0 aromatic heterocycles. The van der Waals surface area contributed by atoms with Gasteiger partial charge in [-0.1, -0.05) is 35.9 Å². The summed E-state index contributed by atoms with van der Waals surface area (Å²) < 4.78 is 24.5. The third-order valence-corrected chi connectivity index (χ3v) is 4.69. The highest BCUT2D eigenvalue weighted by atomic mass is 35.5. The van der Waals surface area contributed by atoms with Gasteiger partial charge in [-0.2, -0.15) is 5.26 Å². The number of halogens is 2. The normalized spacial score (nSPS) is 10.7. The topological polar surface area (TPSA) is 100 Å². The van der Waals surface area contributed by atoms with Crippen LogP contribution in [0.5, 0.6) is 11.5 Å². The maximum Gasteiger partial charge on any atom is 0.266 e. The lowest BCUT2D eigenvalue weighted by molar-refractivity contribution is -0.118. The predicted molar refractivity (Wildman–Crippen MR) is 127 cm³/mol. The number of benzene rings is 3. The molecule has 0 saturated heterocycles. The third kappa shape index (κ3) is 6.58. The average Bonchev–Trinajstić information content (AvgIpc) is 2.82. The molecule has 3 aromatic carbocycles. The number of hydrogen-bond donors (Lipinski definition) is 2. The van der Waals surface area contributed by atoms with Crippen LogP contribution in [0.4, 0.5) is 15.8 Å². The van der Waals surface area contributed by atoms with Gasteiger partial charge in [0.15, 0.2) is 18.1 Å². The van der Waals surface area contributed by atoms with Crippen molar-refractivity contribution in [2.24, 2.45) is 0 Å². The second-order valence-corrected chi connectivity index (χ2v) is 7.30. The van der Waals surface area contributed by atoms with Crippen LogP contribution in [0.2, 0.25) is 5.02 Å². The van der Waals surface area contributed by atoms with Crippen molar-refractivity contribution < 1.29 is 23.5 Å². The van der Waals surface area contributed by atoms with E-state index in [9.17, 15) is 19.2 Å². The number of nitrogens with one attached hydrogen (secondary N) is 2. The fraction of sp³-hybridized carbons (Fsp3) is 0.0800. The van der Waals surface area contributed by atoms with Crippen LogP contribution in [-0.4, -0.2) is 25.5 Å². The lowest BCUT2D eigenvalue weighted by atomic mass is 10.1. The fourth-order valence-corrected chi connectivity index (χ4v) is 3.06. The van der Waals surface area contributed by atoms with Gasteiger partial charge in [0.2, 0.25) is 0 Å². The van der Waals surface area contributed by atoms with Crippen molar-refractivity contribution in [3.63, 3.8) is 0 Å². The van der Waals surface area contributed by atoms with Crippen LogP contribution >= 0.6 is 11.6 Å². The van der Waals surface area contributed by atoms with Gasteiger partial charge in [0.05, 0.1) is 12.8 Å². The number of hydrogen-bond acceptors (Lipinski definition) is 5. The van der Waals surface area contributed by atoms with Gasteiger partial charge in [-0.25, -0.2) is 4.39 Å². The van der Waals surface area contributed by atoms with E-state index in [1.54, 1.807) is 42.5 Å². The van der Waals surface area contributed by atoms with E-state index < -0.39 is 17.6 Å². The van der Waals surface area contributed by atoms with Crippen LogP contribution in [-0.2, 0) is 9.59 Å². The highest BCUT2D eigenvalue weighted by Gasteiger charge is 2.13. The molecule has 3 rings (SSSR count). The first kappa shape index (κ1) is 24.3. The van der Waals surface area contributed by atoms with Crippen LogP contribution in [0.25, 0.3) is 6.08 Å². The first-order valence-corrected chi connectivity index (χ1v) is 10.3. The van der Waals surface area contributed by atoms with Gasteiger partial charge >= 0.3 is 0 Å². The average molecular weight is 480 g/mol. The minimum Gasteiger partial charge on any atom is -0.493 e. The lowest BCUT2D eigenvalue weighted by Gasteiger charge is -2.12. The molecule has 0 aliphatic carbocycles. The zero-order chi connectivity index (χ0) is 24.5. The number of methoxy groups -OCH3 is 1. The quantitative estimate of drug-likeness (QED) is 0.348. The number of rotatable bonds is 8. The van der Waals surface area contributed by atoms with Crippen molar-refractivity contribution in [3.8, 4) is 17.6 Å². The van der Waals surface area contributed by atoms with Gasteiger partial charge in [-0.15, -0.1) is 0 Å². The van der Waals surface area contributed by atoms with E-state index in [4.69, 9.17) is 21.1 Å². The SMILES string of the molecule is COc1cc(/C=C(/C#N)C(=O)Nc2cccc(Cl)c2)ccc1OCC(=O)Nc1ccccc1F. The number of para-hydroxylation sites is 1. The Kier molecular flexibility index (Phi) is 8.21. The molecule has 2 amide bonds. The molecule has 0 spiro atoms. The van der Waals surface area contributed by atoms with Crippen molar-refractivity contribution in [1.29, 1.82) is 5.26 Å². The van der Waals surface area contributed by atoms with Crippen molar-refractivity contribution >= 4 is 40.9 Å². The van der Waals surface area contributed by atoms with E-state index in [0.29, 0.717) is 16.3 Å². The number of ether oxygens (including phenoxy) is 2. The summed E-state index contributed by atoms with van der Waals surface area (Å²) in [5, 5.41) is 14.9. The van der Waals surface area contributed by atoms with E-state index in [1.165, 1.54) is 37.5 Å². The predicted octanol–water partition coefficient (Wildman–Crippen LogP) is 5.05. The summed E-state index contributed by atoms with van der Waals surface area (Å²) in [6.45, 7) is -0.384. The van der Waals surface area contributed by atoms with E-state index in [1.807, 2.05) is 6.07 Å². The van der Waals surface area contributed by atoms with E-state index in [2.05, 4.69) is 10.6 Å². The summed E-state index contributed by atoms with van der Waals surface area (Å²) in [5.74, 6) is -1.18. The molecule has 0 aliphatic rings. The molecule has 9 heteroatoms. The van der Waals surface area contributed by atoms with Crippen LogP contribution in [0.1, 0.15) is 5.56 Å². The molecule has 34 heavy (non-hydrogen) atoms. The second-order valence-electron chi connectivity index (χ2n) is 6.86. The Labute approximate surface area is 200 Å².